The summed E-state index contributed by atoms with van der Waals surface area (Å²) in [6.45, 7) is 5.69. The van der Waals surface area contributed by atoms with Gasteiger partial charge in [-0.3, -0.25) is 9.59 Å². The first kappa shape index (κ1) is 24.5. The van der Waals surface area contributed by atoms with Gasteiger partial charge in [0.15, 0.2) is 0 Å². The molecule has 1 saturated carbocycles. The average molecular weight is 459 g/mol. The number of thioether (sulfide) groups is 1. The van der Waals surface area contributed by atoms with Crippen LogP contribution in [0.5, 0.6) is 0 Å². The molecule has 1 atom stereocenters. The minimum atomic E-state index is -0.554. The molecule has 1 fully saturated rings. The van der Waals surface area contributed by atoms with Crippen molar-refractivity contribution in [1.29, 1.82) is 0 Å². The van der Waals surface area contributed by atoms with Gasteiger partial charge in [-0.1, -0.05) is 75.2 Å². The van der Waals surface area contributed by atoms with Crippen LogP contribution in [0.25, 0.3) is 0 Å². The van der Waals surface area contributed by atoms with Gasteiger partial charge < -0.3 is 14.6 Å². The highest BCUT2D eigenvalue weighted by Gasteiger charge is 2.35. The van der Waals surface area contributed by atoms with Crippen molar-refractivity contribution >= 4 is 24.0 Å². The molecular formula is C24H34N4O3S. The summed E-state index contributed by atoms with van der Waals surface area (Å²) in [7, 11) is 0. The van der Waals surface area contributed by atoms with Crippen LogP contribution in [-0.2, 0) is 11.3 Å². The number of benzene rings is 1. The standard InChI is InChI=1S/C24H34N4O3S/c1-18(2)15-21(28(17-29)20-11-7-4-8-12-20)22(30)23-26-27-24(31-23)32-14-13-25-16-19-9-5-3-6-10-19/h3,5-6,9-10,17-18,20-21,25H,4,7-8,11-16H2,1-2H3/t21-/m0/s1. The van der Waals surface area contributed by atoms with Crippen molar-refractivity contribution in [2.24, 2.45) is 5.92 Å². The summed E-state index contributed by atoms with van der Waals surface area (Å²) in [5.74, 6) is 0.763. The number of ketones is 1. The fourth-order valence-corrected chi connectivity index (χ4v) is 4.81. The van der Waals surface area contributed by atoms with Crippen LogP contribution < -0.4 is 5.32 Å². The van der Waals surface area contributed by atoms with E-state index < -0.39 is 6.04 Å². The van der Waals surface area contributed by atoms with Gasteiger partial charge in [0.2, 0.25) is 12.2 Å². The highest BCUT2D eigenvalue weighted by Crippen LogP contribution is 2.27. The van der Waals surface area contributed by atoms with Gasteiger partial charge in [-0.05, 0) is 30.7 Å². The molecule has 3 rings (SSSR count). The third-order valence-electron chi connectivity index (χ3n) is 5.77. The van der Waals surface area contributed by atoms with Crippen molar-refractivity contribution in [1.82, 2.24) is 20.4 Å². The number of Topliss-reactive ketones (excluding diaryl/α,β-unsaturated/α-hetero) is 1. The summed E-state index contributed by atoms with van der Waals surface area (Å²) in [4.78, 5) is 26.9. The van der Waals surface area contributed by atoms with Crippen LogP contribution in [0.3, 0.4) is 0 Å². The molecule has 0 saturated heterocycles. The van der Waals surface area contributed by atoms with Crippen LogP contribution in [0, 0.1) is 5.92 Å². The quantitative estimate of drug-likeness (QED) is 0.207. The summed E-state index contributed by atoms with van der Waals surface area (Å²) in [5.41, 5.74) is 1.23. The van der Waals surface area contributed by atoms with Gasteiger partial charge >= 0.3 is 0 Å². The molecule has 1 heterocycles. The first-order valence-electron chi connectivity index (χ1n) is 11.6. The van der Waals surface area contributed by atoms with Crippen LogP contribution in [-0.4, -0.2) is 51.7 Å². The minimum Gasteiger partial charge on any atom is -0.408 e. The Balaban J connectivity index is 1.55. The van der Waals surface area contributed by atoms with Crippen molar-refractivity contribution in [2.45, 2.75) is 76.2 Å². The summed E-state index contributed by atoms with van der Waals surface area (Å²) < 4.78 is 5.68. The zero-order chi connectivity index (χ0) is 22.8. The van der Waals surface area contributed by atoms with E-state index in [-0.39, 0.29) is 23.6 Å². The van der Waals surface area contributed by atoms with E-state index >= 15 is 0 Å². The lowest BCUT2D eigenvalue weighted by Gasteiger charge is -2.36. The Hall–Kier alpha value is -2.19. The number of amides is 1. The van der Waals surface area contributed by atoms with Crippen LogP contribution in [0.1, 0.15) is 68.6 Å². The average Bonchev–Trinajstić information content (AvgIpc) is 3.28. The Morgan fingerprint density at radius 2 is 1.97 bits per heavy atom. The highest BCUT2D eigenvalue weighted by molar-refractivity contribution is 7.99. The smallest absolute Gasteiger partial charge is 0.286 e. The molecule has 1 N–H and O–H groups in total. The van der Waals surface area contributed by atoms with Crippen molar-refractivity contribution in [3.8, 4) is 0 Å². The molecule has 0 spiro atoms. The number of hydrogen-bond donors (Lipinski definition) is 1. The Bertz CT molecular complexity index is 837. The number of aromatic nitrogens is 2. The van der Waals surface area contributed by atoms with E-state index in [4.69, 9.17) is 4.42 Å². The van der Waals surface area contributed by atoms with Crippen LogP contribution in [0.2, 0.25) is 0 Å². The number of nitrogens with zero attached hydrogens (tertiary/aromatic N) is 3. The fraction of sp³-hybridized carbons (Fsp3) is 0.583. The maximum absolute atomic E-state index is 13.3. The molecule has 8 heteroatoms. The van der Waals surface area contributed by atoms with Gasteiger partial charge in [-0.15, -0.1) is 10.2 Å². The molecule has 0 unspecified atom stereocenters. The Labute approximate surface area is 194 Å². The SMILES string of the molecule is CC(C)C[C@@H](C(=O)c1nnc(SCCNCc2ccccc2)o1)N(C=O)C1CCCCC1. The molecule has 1 aromatic heterocycles. The summed E-state index contributed by atoms with van der Waals surface area (Å²) in [6.07, 6.45) is 6.70. The molecule has 2 aromatic rings. The van der Waals surface area contributed by atoms with Gasteiger partial charge in [-0.2, -0.15) is 0 Å². The van der Waals surface area contributed by atoms with Gasteiger partial charge in [-0.25, -0.2) is 0 Å². The topological polar surface area (TPSA) is 88.3 Å². The van der Waals surface area contributed by atoms with Crippen LogP contribution in [0.15, 0.2) is 40.0 Å². The fourth-order valence-electron chi connectivity index (χ4n) is 4.15. The summed E-state index contributed by atoms with van der Waals surface area (Å²) in [6, 6.07) is 9.77. The predicted octanol–water partition coefficient (Wildman–Crippen LogP) is 4.34. The molecule has 174 valence electrons. The lowest BCUT2D eigenvalue weighted by atomic mass is 9.91. The molecule has 1 aliphatic carbocycles. The zero-order valence-electron chi connectivity index (χ0n) is 19.0. The van der Waals surface area contributed by atoms with Gasteiger partial charge in [0.1, 0.15) is 6.04 Å². The maximum atomic E-state index is 13.3. The lowest BCUT2D eigenvalue weighted by Crippen LogP contribution is -2.48. The van der Waals surface area contributed by atoms with E-state index in [0.29, 0.717) is 11.6 Å². The molecule has 1 aromatic carbocycles. The normalized spacial score (nSPS) is 15.6. The second kappa shape index (κ2) is 12.7. The van der Waals surface area contributed by atoms with Crippen molar-refractivity contribution in [3.05, 3.63) is 41.8 Å². The van der Waals surface area contributed by atoms with Gasteiger partial charge in [0.05, 0.1) is 0 Å². The lowest BCUT2D eigenvalue weighted by molar-refractivity contribution is -0.122. The Kier molecular flexibility index (Phi) is 9.74. The zero-order valence-corrected chi connectivity index (χ0v) is 19.9. The van der Waals surface area contributed by atoms with E-state index in [0.717, 1.165) is 50.9 Å². The largest absolute Gasteiger partial charge is 0.408 e. The maximum Gasteiger partial charge on any atom is 0.286 e. The third-order valence-corrected chi connectivity index (χ3v) is 6.59. The van der Waals surface area contributed by atoms with E-state index in [1.807, 2.05) is 18.2 Å². The number of carbonyl (C=O) groups excluding carboxylic acids is 2. The molecule has 7 nitrogen and oxygen atoms in total. The van der Waals surface area contributed by atoms with Gasteiger partial charge in [0.25, 0.3) is 11.1 Å². The van der Waals surface area contributed by atoms with Crippen LogP contribution in [0.4, 0.5) is 0 Å². The Morgan fingerprint density at radius 3 is 2.66 bits per heavy atom. The summed E-state index contributed by atoms with van der Waals surface area (Å²) in [5, 5.41) is 11.8. The Morgan fingerprint density at radius 1 is 1.22 bits per heavy atom. The van der Waals surface area contributed by atoms with Crippen molar-refractivity contribution in [3.63, 3.8) is 0 Å². The second-order valence-corrected chi connectivity index (χ2v) is 9.78. The summed E-state index contributed by atoms with van der Waals surface area (Å²) >= 11 is 1.42. The first-order chi connectivity index (χ1) is 15.6. The number of carbonyl (C=O) groups is 2. The molecule has 32 heavy (non-hydrogen) atoms. The highest BCUT2D eigenvalue weighted by atomic mass is 32.2. The van der Waals surface area contributed by atoms with E-state index in [9.17, 15) is 9.59 Å². The van der Waals surface area contributed by atoms with E-state index in [1.165, 1.54) is 23.7 Å². The van der Waals surface area contributed by atoms with E-state index in [2.05, 4.69) is 41.5 Å². The monoisotopic (exact) mass is 458 g/mol. The predicted molar refractivity (Wildman–Crippen MR) is 126 cm³/mol. The van der Waals surface area contributed by atoms with Crippen LogP contribution >= 0.6 is 11.8 Å². The van der Waals surface area contributed by atoms with Crippen molar-refractivity contribution in [2.75, 3.05) is 12.3 Å². The number of hydrogen-bond acceptors (Lipinski definition) is 7. The molecule has 1 aliphatic rings. The van der Waals surface area contributed by atoms with Crippen molar-refractivity contribution < 1.29 is 14.0 Å². The number of nitrogens with one attached hydrogen (secondary N) is 1. The molecular weight excluding hydrogens is 424 g/mol. The van der Waals surface area contributed by atoms with Gasteiger partial charge in [0, 0.05) is 24.9 Å². The molecule has 1 amide bonds. The molecule has 0 aliphatic heterocycles. The molecule has 0 radical (unpaired) electrons. The third kappa shape index (κ3) is 7.17. The minimum absolute atomic E-state index is 0.00180. The first-order valence-corrected chi connectivity index (χ1v) is 12.5. The molecule has 0 bridgehead atoms. The number of rotatable bonds is 13. The van der Waals surface area contributed by atoms with E-state index in [1.54, 1.807) is 4.90 Å². The second-order valence-electron chi connectivity index (χ2n) is 8.74.